The summed E-state index contributed by atoms with van der Waals surface area (Å²) in [4.78, 5) is 11.9. The van der Waals surface area contributed by atoms with Gasteiger partial charge in [-0.25, -0.2) is 4.79 Å². The number of hydrogen-bond donors (Lipinski definition) is 3. The van der Waals surface area contributed by atoms with Gasteiger partial charge in [0.25, 0.3) is 0 Å². The van der Waals surface area contributed by atoms with E-state index in [2.05, 4.69) is 11.2 Å². The lowest BCUT2D eigenvalue weighted by Gasteiger charge is -2.17. The maximum Gasteiger partial charge on any atom is 0.404 e. The van der Waals surface area contributed by atoms with Gasteiger partial charge in [0.15, 0.2) is 0 Å². The van der Waals surface area contributed by atoms with Crippen molar-refractivity contribution in [2.45, 2.75) is 0 Å². The second kappa shape index (κ2) is 7.40. The van der Waals surface area contributed by atoms with E-state index in [9.17, 15) is 4.79 Å². The number of rotatable bonds is 6. The van der Waals surface area contributed by atoms with Crippen LogP contribution in [0, 0.1) is 12.3 Å². The van der Waals surface area contributed by atoms with Crippen LogP contribution in [0.5, 0.6) is 0 Å². The molecule has 0 spiro atoms. The molecular formula is C8H14N2O3. The number of aliphatic hydroxyl groups excluding tert-OH is 1. The van der Waals surface area contributed by atoms with Gasteiger partial charge in [-0.3, -0.25) is 4.90 Å². The molecule has 0 atom stereocenters. The molecule has 0 aliphatic carbocycles. The lowest BCUT2D eigenvalue weighted by molar-refractivity contribution is 0.187. The standard InChI is InChI=1S/C8H14N2O3/c1-2-4-10(6-7-11)5-3-9-8(12)13/h1,9,11H,3-7H2,(H,12,13). The van der Waals surface area contributed by atoms with Crippen LogP contribution in [0.4, 0.5) is 4.79 Å². The fourth-order valence-corrected chi connectivity index (χ4v) is 0.861. The number of nitrogens with one attached hydrogen (secondary N) is 1. The number of aliphatic hydroxyl groups is 1. The Morgan fingerprint density at radius 2 is 2.23 bits per heavy atom. The summed E-state index contributed by atoms with van der Waals surface area (Å²) < 4.78 is 0. The third-order valence-electron chi connectivity index (χ3n) is 1.44. The number of nitrogens with zero attached hydrogens (tertiary/aromatic N) is 1. The van der Waals surface area contributed by atoms with Gasteiger partial charge in [0, 0.05) is 19.6 Å². The molecule has 5 nitrogen and oxygen atoms in total. The van der Waals surface area contributed by atoms with E-state index in [-0.39, 0.29) is 6.61 Å². The quantitative estimate of drug-likeness (QED) is 0.474. The van der Waals surface area contributed by atoms with Gasteiger partial charge in [0.05, 0.1) is 13.2 Å². The van der Waals surface area contributed by atoms with Crippen LogP contribution in [0.3, 0.4) is 0 Å². The van der Waals surface area contributed by atoms with E-state index in [0.29, 0.717) is 26.2 Å². The second-order valence-electron chi connectivity index (χ2n) is 2.44. The molecule has 0 bridgehead atoms. The van der Waals surface area contributed by atoms with E-state index in [1.165, 1.54) is 0 Å². The zero-order valence-corrected chi connectivity index (χ0v) is 7.36. The van der Waals surface area contributed by atoms with Gasteiger partial charge >= 0.3 is 6.09 Å². The first-order valence-corrected chi connectivity index (χ1v) is 3.94. The normalized spacial score (nSPS) is 9.62. The predicted molar refractivity (Wildman–Crippen MR) is 48.4 cm³/mol. The van der Waals surface area contributed by atoms with E-state index in [4.69, 9.17) is 16.6 Å². The van der Waals surface area contributed by atoms with Gasteiger partial charge in [0.2, 0.25) is 0 Å². The predicted octanol–water partition coefficient (Wildman–Crippen LogP) is -0.818. The third kappa shape index (κ3) is 7.12. The molecule has 1 amide bonds. The van der Waals surface area contributed by atoms with Crippen molar-refractivity contribution in [1.29, 1.82) is 0 Å². The third-order valence-corrected chi connectivity index (χ3v) is 1.44. The summed E-state index contributed by atoms with van der Waals surface area (Å²) in [6.45, 7) is 1.73. The van der Waals surface area contributed by atoms with Gasteiger partial charge in [-0.2, -0.15) is 0 Å². The highest BCUT2D eigenvalue weighted by Gasteiger charge is 2.02. The Bertz CT molecular complexity index is 188. The van der Waals surface area contributed by atoms with Crippen molar-refractivity contribution >= 4 is 6.09 Å². The summed E-state index contributed by atoms with van der Waals surface area (Å²) in [5, 5.41) is 19.1. The average Bonchev–Trinajstić information content (AvgIpc) is 2.04. The SMILES string of the molecule is C#CCN(CCO)CCNC(=O)O. The molecule has 5 heteroatoms. The van der Waals surface area contributed by atoms with Crippen LogP contribution < -0.4 is 5.32 Å². The Labute approximate surface area is 77.4 Å². The Hall–Kier alpha value is -1.25. The molecule has 0 saturated carbocycles. The number of carboxylic acid groups (broad SMARTS) is 1. The van der Waals surface area contributed by atoms with Gasteiger partial charge in [-0.15, -0.1) is 6.42 Å². The highest BCUT2D eigenvalue weighted by molar-refractivity contribution is 5.64. The van der Waals surface area contributed by atoms with Crippen molar-refractivity contribution in [3.05, 3.63) is 0 Å². The molecule has 0 aliphatic rings. The van der Waals surface area contributed by atoms with Crippen LogP contribution in [0.15, 0.2) is 0 Å². The largest absolute Gasteiger partial charge is 0.465 e. The molecule has 0 fully saturated rings. The van der Waals surface area contributed by atoms with Gasteiger partial charge in [-0.05, 0) is 0 Å². The smallest absolute Gasteiger partial charge is 0.404 e. The summed E-state index contributed by atoms with van der Waals surface area (Å²) in [6, 6.07) is 0. The molecule has 74 valence electrons. The zero-order valence-electron chi connectivity index (χ0n) is 7.36. The molecule has 0 saturated heterocycles. The van der Waals surface area contributed by atoms with Gasteiger partial charge < -0.3 is 15.5 Å². The van der Waals surface area contributed by atoms with E-state index in [0.717, 1.165) is 0 Å². The van der Waals surface area contributed by atoms with E-state index < -0.39 is 6.09 Å². The first-order chi connectivity index (χ1) is 6.20. The second-order valence-corrected chi connectivity index (χ2v) is 2.44. The maximum atomic E-state index is 10.1. The topological polar surface area (TPSA) is 72.8 Å². The Kier molecular flexibility index (Phi) is 6.69. The van der Waals surface area contributed by atoms with Crippen LogP contribution in [0.25, 0.3) is 0 Å². The van der Waals surface area contributed by atoms with Crippen molar-refractivity contribution in [1.82, 2.24) is 10.2 Å². The molecule has 0 aliphatic heterocycles. The molecule has 3 N–H and O–H groups in total. The lowest BCUT2D eigenvalue weighted by atomic mass is 10.4. The van der Waals surface area contributed by atoms with Crippen molar-refractivity contribution in [3.63, 3.8) is 0 Å². The molecule has 0 unspecified atom stereocenters. The molecular weight excluding hydrogens is 172 g/mol. The lowest BCUT2D eigenvalue weighted by Crippen LogP contribution is -2.36. The monoisotopic (exact) mass is 186 g/mol. The van der Waals surface area contributed by atoms with Crippen molar-refractivity contribution in [2.75, 3.05) is 32.8 Å². The van der Waals surface area contributed by atoms with E-state index >= 15 is 0 Å². The highest BCUT2D eigenvalue weighted by Crippen LogP contribution is 1.84. The average molecular weight is 186 g/mol. The van der Waals surface area contributed by atoms with Crippen LogP contribution in [0.1, 0.15) is 0 Å². The maximum absolute atomic E-state index is 10.1. The van der Waals surface area contributed by atoms with Crippen LogP contribution >= 0.6 is 0 Å². The summed E-state index contributed by atoms with van der Waals surface area (Å²) in [5.41, 5.74) is 0. The fourth-order valence-electron chi connectivity index (χ4n) is 0.861. The van der Waals surface area contributed by atoms with Gasteiger partial charge in [-0.1, -0.05) is 5.92 Å². The summed E-state index contributed by atoms with van der Waals surface area (Å²) in [7, 11) is 0. The first-order valence-electron chi connectivity index (χ1n) is 3.94. The van der Waals surface area contributed by atoms with Crippen LogP contribution in [-0.2, 0) is 0 Å². The van der Waals surface area contributed by atoms with E-state index in [1.54, 1.807) is 4.90 Å². The molecule has 0 rings (SSSR count). The number of carbonyl (C=O) groups is 1. The molecule has 0 aromatic carbocycles. The number of amides is 1. The minimum Gasteiger partial charge on any atom is -0.465 e. The van der Waals surface area contributed by atoms with Crippen LogP contribution in [0.2, 0.25) is 0 Å². The molecule has 13 heavy (non-hydrogen) atoms. The zero-order chi connectivity index (χ0) is 10.1. The minimum atomic E-state index is -1.05. The van der Waals surface area contributed by atoms with Crippen molar-refractivity contribution in [2.24, 2.45) is 0 Å². The Morgan fingerprint density at radius 1 is 1.54 bits per heavy atom. The first kappa shape index (κ1) is 11.8. The molecule has 0 aromatic rings. The summed E-state index contributed by atoms with van der Waals surface area (Å²) in [6.07, 6.45) is 4.03. The van der Waals surface area contributed by atoms with Crippen molar-refractivity contribution < 1.29 is 15.0 Å². The van der Waals surface area contributed by atoms with Crippen LogP contribution in [-0.4, -0.2) is 54.0 Å². The molecule has 0 aromatic heterocycles. The van der Waals surface area contributed by atoms with Gasteiger partial charge in [0.1, 0.15) is 0 Å². The minimum absolute atomic E-state index is 0.0226. The summed E-state index contributed by atoms with van der Waals surface area (Å²) >= 11 is 0. The Morgan fingerprint density at radius 3 is 2.69 bits per heavy atom. The summed E-state index contributed by atoms with van der Waals surface area (Å²) in [5.74, 6) is 2.43. The Balaban J connectivity index is 3.57. The number of hydrogen-bond acceptors (Lipinski definition) is 3. The fraction of sp³-hybridized carbons (Fsp3) is 0.625. The number of terminal acetylenes is 1. The molecule has 0 radical (unpaired) electrons. The molecule has 0 heterocycles. The van der Waals surface area contributed by atoms with Crippen molar-refractivity contribution in [3.8, 4) is 12.3 Å². The highest BCUT2D eigenvalue weighted by atomic mass is 16.4. The van der Waals surface area contributed by atoms with E-state index in [1.807, 2.05) is 0 Å².